The molecule has 1 heterocycles. The first-order chi connectivity index (χ1) is 9.82. The zero-order valence-electron chi connectivity index (χ0n) is 14.4. The lowest BCUT2D eigenvalue weighted by molar-refractivity contribution is 0.455. The molecule has 21 heavy (non-hydrogen) atoms. The lowest BCUT2D eigenvalue weighted by atomic mass is 9.96. The van der Waals surface area contributed by atoms with Crippen LogP contribution in [0, 0.1) is 23.7 Å². The third-order valence-corrected chi connectivity index (χ3v) is 6.53. The van der Waals surface area contributed by atoms with Crippen LogP contribution in [0.3, 0.4) is 0 Å². The number of nitrogens with one attached hydrogen (secondary N) is 1. The van der Waals surface area contributed by atoms with Gasteiger partial charge in [-0.25, -0.2) is 4.98 Å². The van der Waals surface area contributed by atoms with E-state index in [1.807, 2.05) is 0 Å². The highest BCUT2D eigenvalue weighted by Gasteiger charge is 2.64. The largest absolute Gasteiger partial charge is 0.353 e. The van der Waals surface area contributed by atoms with Crippen LogP contribution < -0.4 is 5.32 Å². The molecule has 0 radical (unpaired) electrons. The lowest BCUT2D eigenvalue weighted by Gasteiger charge is -2.23. The Balaban J connectivity index is 1.71. The summed E-state index contributed by atoms with van der Waals surface area (Å²) >= 11 is 0. The molecule has 0 spiro atoms. The zero-order chi connectivity index (χ0) is 15.3. The van der Waals surface area contributed by atoms with Gasteiger partial charge in [0.2, 0.25) is 5.95 Å². The van der Waals surface area contributed by atoms with Crippen LogP contribution >= 0.6 is 0 Å². The molecule has 0 unspecified atom stereocenters. The predicted molar refractivity (Wildman–Crippen MR) is 88.5 cm³/mol. The molecule has 0 aliphatic heterocycles. The molecule has 3 heteroatoms. The van der Waals surface area contributed by atoms with E-state index >= 15 is 0 Å². The first-order valence-corrected chi connectivity index (χ1v) is 8.62. The molecule has 1 aromatic heterocycles. The normalized spacial score (nSPS) is 25.0. The SMILES string of the molecule is Cc1cn(CC2C(C)(C)C2(C)C)c(NC2CCCCC2)n1. The Kier molecular flexibility index (Phi) is 3.58. The van der Waals surface area contributed by atoms with Gasteiger partial charge in [0.15, 0.2) is 0 Å². The number of aromatic nitrogens is 2. The van der Waals surface area contributed by atoms with E-state index in [4.69, 9.17) is 4.98 Å². The average molecular weight is 289 g/mol. The van der Waals surface area contributed by atoms with Gasteiger partial charge < -0.3 is 9.88 Å². The van der Waals surface area contributed by atoms with Crippen molar-refractivity contribution in [3.63, 3.8) is 0 Å². The maximum atomic E-state index is 4.73. The third-order valence-electron chi connectivity index (χ3n) is 6.53. The molecule has 0 aromatic carbocycles. The van der Waals surface area contributed by atoms with Gasteiger partial charge in [-0.2, -0.15) is 0 Å². The van der Waals surface area contributed by atoms with Crippen LogP contribution in [0.5, 0.6) is 0 Å². The number of anilines is 1. The van der Waals surface area contributed by atoms with E-state index in [-0.39, 0.29) is 0 Å². The van der Waals surface area contributed by atoms with Crippen molar-refractivity contribution in [3.05, 3.63) is 11.9 Å². The Morgan fingerprint density at radius 2 is 1.76 bits per heavy atom. The highest BCUT2D eigenvalue weighted by atomic mass is 15.2. The second kappa shape index (κ2) is 5.03. The van der Waals surface area contributed by atoms with E-state index in [1.54, 1.807) is 0 Å². The van der Waals surface area contributed by atoms with Crippen molar-refractivity contribution in [2.24, 2.45) is 16.7 Å². The molecular formula is C18H31N3. The molecule has 2 saturated carbocycles. The number of aryl methyl sites for hydroxylation is 1. The Labute approximate surface area is 129 Å². The van der Waals surface area contributed by atoms with E-state index in [0.717, 1.165) is 24.1 Å². The fourth-order valence-corrected chi connectivity index (χ4v) is 4.22. The minimum Gasteiger partial charge on any atom is -0.353 e. The maximum absolute atomic E-state index is 4.73. The molecule has 2 aliphatic rings. The summed E-state index contributed by atoms with van der Waals surface area (Å²) in [5.41, 5.74) is 2.00. The van der Waals surface area contributed by atoms with E-state index in [2.05, 4.69) is 50.7 Å². The minimum absolute atomic E-state index is 0.438. The number of hydrogen-bond donors (Lipinski definition) is 1. The molecule has 0 saturated heterocycles. The van der Waals surface area contributed by atoms with Gasteiger partial charge in [0, 0.05) is 18.8 Å². The van der Waals surface area contributed by atoms with Crippen LogP contribution in [0.15, 0.2) is 6.20 Å². The molecule has 3 rings (SSSR count). The van der Waals surface area contributed by atoms with Gasteiger partial charge in [0.25, 0.3) is 0 Å². The van der Waals surface area contributed by atoms with Crippen LogP contribution in [0.25, 0.3) is 0 Å². The summed E-state index contributed by atoms with van der Waals surface area (Å²) < 4.78 is 2.37. The van der Waals surface area contributed by atoms with Crippen molar-refractivity contribution >= 4 is 5.95 Å². The maximum Gasteiger partial charge on any atom is 0.203 e. The van der Waals surface area contributed by atoms with Crippen molar-refractivity contribution in [3.8, 4) is 0 Å². The second-order valence-electron chi connectivity index (χ2n) is 8.33. The summed E-state index contributed by atoms with van der Waals surface area (Å²) in [7, 11) is 0. The van der Waals surface area contributed by atoms with Gasteiger partial charge in [-0.3, -0.25) is 0 Å². The number of imidazole rings is 1. The highest BCUT2D eigenvalue weighted by Crippen LogP contribution is 2.68. The summed E-state index contributed by atoms with van der Waals surface area (Å²) in [6.45, 7) is 12.8. The average Bonchev–Trinajstić information content (AvgIpc) is 2.70. The van der Waals surface area contributed by atoms with Gasteiger partial charge in [0.1, 0.15) is 0 Å². The van der Waals surface area contributed by atoms with Crippen LogP contribution in [0.2, 0.25) is 0 Å². The molecule has 1 N–H and O–H groups in total. The summed E-state index contributed by atoms with van der Waals surface area (Å²) in [6, 6.07) is 0.625. The van der Waals surface area contributed by atoms with Crippen LogP contribution in [0.4, 0.5) is 5.95 Å². The Morgan fingerprint density at radius 3 is 2.33 bits per heavy atom. The van der Waals surface area contributed by atoms with Crippen LogP contribution in [-0.4, -0.2) is 15.6 Å². The fourth-order valence-electron chi connectivity index (χ4n) is 4.22. The Hall–Kier alpha value is -0.990. The smallest absolute Gasteiger partial charge is 0.203 e. The monoisotopic (exact) mass is 289 g/mol. The number of nitrogens with zero attached hydrogens (tertiary/aromatic N) is 2. The molecule has 2 fully saturated rings. The quantitative estimate of drug-likeness (QED) is 0.876. The van der Waals surface area contributed by atoms with Gasteiger partial charge >= 0.3 is 0 Å². The Bertz CT molecular complexity index is 493. The summed E-state index contributed by atoms with van der Waals surface area (Å²) in [6.07, 6.45) is 8.93. The van der Waals surface area contributed by atoms with Crippen molar-refractivity contribution in [1.82, 2.24) is 9.55 Å². The van der Waals surface area contributed by atoms with Crippen molar-refractivity contribution < 1.29 is 0 Å². The predicted octanol–water partition coefficient (Wildman–Crippen LogP) is 4.62. The number of rotatable bonds is 4. The lowest BCUT2D eigenvalue weighted by Crippen LogP contribution is -2.24. The molecule has 0 atom stereocenters. The molecule has 0 bridgehead atoms. The topological polar surface area (TPSA) is 29.9 Å². The molecule has 1 aromatic rings. The summed E-state index contributed by atoms with van der Waals surface area (Å²) in [4.78, 5) is 4.73. The number of hydrogen-bond acceptors (Lipinski definition) is 2. The fraction of sp³-hybridized carbons (Fsp3) is 0.833. The first-order valence-electron chi connectivity index (χ1n) is 8.62. The second-order valence-corrected chi connectivity index (χ2v) is 8.33. The molecule has 0 amide bonds. The zero-order valence-corrected chi connectivity index (χ0v) is 14.4. The summed E-state index contributed by atoms with van der Waals surface area (Å²) in [5.74, 6) is 1.84. The molecule has 3 nitrogen and oxygen atoms in total. The minimum atomic E-state index is 0.438. The van der Waals surface area contributed by atoms with Crippen molar-refractivity contribution in [2.45, 2.75) is 79.3 Å². The standard InChI is InChI=1S/C18H31N3/c1-13-11-21(12-15-17(2,3)18(15,4)5)16(19-13)20-14-9-7-6-8-10-14/h11,14-15H,6-10,12H2,1-5H3,(H,19,20). The first kappa shape index (κ1) is 14.9. The van der Waals surface area contributed by atoms with Crippen molar-refractivity contribution in [2.75, 3.05) is 5.32 Å². The van der Waals surface area contributed by atoms with E-state index in [0.29, 0.717) is 16.9 Å². The van der Waals surface area contributed by atoms with Gasteiger partial charge in [-0.05, 0) is 36.5 Å². The van der Waals surface area contributed by atoms with Gasteiger partial charge in [-0.1, -0.05) is 47.0 Å². The van der Waals surface area contributed by atoms with Gasteiger partial charge in [-0.15, -0.1) is 0 Å². The van der Waals surface area contributed by atoms with E-state index in [9.17, 15) is 0 Å². The van der Waals surface area contributed by atoms with E-state index < -0.39 is 0 Å². The van der Waals surface area contributed by atoms with Crippen LogP contribution in [0.1, 0.15) is 65.5 Å². The molecule has 118 valence electrons. The van der Waals surface area contributed by atoms with E-state index in [1.165, 1.54) is 32.1 Å². The van der Waals surface area contributed by atoms with Gasteiger partial charge in [0.05, 0.1) is 5.69 Å². The highest BCUT2D eigenvalue weighted by molar-refractivity contribution is 5.31. The molecule has 2 aliphatic carbocycles. The summed E-state index contributed by atoms with van der Waals surface area (Å²) in [5, 5.41) is 3.71. The third kappa shape index (κ3) is 2.60. The van der Waals surface area contributed by atoms with Crippen molar-refractivity contribution in [1.29, 1.82) is 0 Å². The Morgan fingerprint density at radius 1 is 1.14 bits per heavy atom. The molecular weight excluding hydrogens is 258 g/mol. The van der Waals surface area contributed by atoms with Crippen LogP contribution in [-0.2, 0) is 6.54 Å².